The summed E-state index contributed by atoms with van der Waals surface area (Å²) in [7, 11) is 0. The Morgan fingerprint density at radius 1 is 1.35 bits per heavy atom. The van der Waals surface area contributed by atoms with Crippen molar-refractivity contribution in [2.75, 3.05) is 33.0 Å². The van der Waals surface area contributed by atoms with Gasteiger partial charge in [0.25, 0.3) is 0 Å². The zero-order chi connectivity index (χ0) is 13.9. The maximum Gasteiger partial charge on any atom is 0.127 e. The van der Waals surface area contributed by atoms with Crippen LogP contribution in [-0.4, -0.2) is 39.1 Å². The molecule has 1 fully saturated rings. The van der Waals surface area contributed by atoms with Gasteiger partial charge in [-0.2, -0.15) is 0 Å². The lowest BCUT2D eigenvalue weighted by Gasteiger charge is -2.32. The quantitative estimate of drug-likeness (QED) is 0.913. The van der Waals surface area contributed by atoms with Crippen molar-refractivity contribution in [3.63, 3.8) is 0 Å². The van der Waals surface area contributed by atoms with Gasteiger partial charge < -0.3 is 19.5 Å². The third kappa shape index (κ3) is 2.86. The third-order valence-electron chi connectivity index (χ3n) is 3.75. The molecular weight excluding hydrogens is 322 g/mol. The standard InChI is InChI=1S/C15H20BrNO3/c1-2-17-14(13-9-18-5-6-19-13)12-8-11(16)7-10-3-4-20-15(10)12/h7-8,13-14,17H,2-6,9H2,1H3. The second kappa shape index (κ2) is 6.43. The average molecular weight is 342 g/mol. The van der Waals surface area contributed by atoms with Gasteiger partial charge in [0.15, 0.2) is 0 Å². The normalized spacial score (nSPS) is 23.2. The summed E-state index contributed by atoms with van der Waals surface area (Å²) in [5, 5.41) is 3.52. The summed E-state index contributed by atoms with van der Waals surface area (Å²) in [5.41, 5.74) is 2.44. The SMILES string of the molecule is CCNC(c1cc(Br)cc2c1OCC2)C1COCCO1. The van der Waals surface area contributed by atoms with E-state index in [0.29, 0.717) is 19.8 Å². The number of hydrogen-bond donors (Lipinski definition) is 1. The predicted octanol–water partition coefficient (Wildman–Crippen LogP) is 2.45. The van der Waals surface area contributed by atoms with Gasteiger partial charge in [0.2, 0.25) is 0 Å². The van der Waals surface area contributed by atoms with E-state index in [9.17, 15) is 0 Å². The number of hydrogen-bond acceptors (Lipinski definition) is 4. The van der Waals surface area contributed by atoms with Crippen LogP contribution in [0.25, 0.3) is 0 Å². The molecule has 0 aromatic heterocycles. The number of rotatable bonds is 4. The smallest absolute Gasteiger partial charge is 0.127 e. The van der Waals surface area contributed by atoms with Crippen molar-refractivity contribution in [2.45, 2.75) is 25.5 Å². The van der Waals surface area contributed by atoms with Gasteiger partial charge in [0.1, 0.15) is 11.9 Å². The fourth-order valence-electron chi connectivity index (χ4n) is 2.89. The minimum absolute atomic E-state index is 0.0336. The van der Waals surface area contributed by atoms with Crippen LogP contribution in [0.15, 0.2) is 16.6 Å². The summed E-state index contributed by atoms with van der Waals surface area (Å²) in [6.45, 7) is 5.71. The largest absolute Gasteiger partial charge is 0.493 e. The predicted molar refractivity (Wildman–Crippen MR) is 80.3 cm³/mol. The molecule has 0 saturated carbocycles. The molecule has 2 aliphatic heterocycles. The molecule has 3 rings (SSSR count). The maximum atomic E-state index is 5.89. The number of likely N-dealkylation sites (N-methyl/N-ethyl adjacent to an activating group) is 1. The zero-order valence-corrected chi connectivity index (χ0v) is 13.2. The van der Waals surface area contributed by atoms with Crippen LogP contribution in [0.1, 0.15) is 24.1 Å². The molecule has 0 amide bonds. The molecule has 4 nitrogen and oxygen atoms in total. The number of halogens is 1. The number of nitrogens with one attached hydrogen (secondary N) is 1. The van der Waals surface area contributed by atoms with Crippen LogP contribution in [0, 0.1) is 0 Å². The topological polar surface area (TPSA) is 39.7 Å². The number of ether oxygens (including phenoxy) is 3. The molecule has 2 heterocycles. The van der Waals surface area contributed by atoms with Gasteiger partial charge in [-0.3, -0.25) is 0 Å². The molecule has 1 saturated heterocycles. The Labute approximate surface area is 127 Å². The molecule has 5 heteroatoms. The molecule has 0 spiro atoms. The lowest BCUT2D eigenvalue weighted by molar-refractivity contribution is -0.102. The average Bonchev–Trinajstić information content (AvgIpc) is 2.93. The molecular formula is C15H20BrNO3. The van der Waals surface area contributed by atoms with E-state index in [1.807, 2.05) is 0 Å². The Kier molecular flexibility index (Phi) is 4.61. The highest BCUT2D eigenvalue weighted by Crippen LogP contribution is 2.38. The van der Waals surface area contributed by atoms with Crippen LogP contribution in [0.3, 0.4) is 0 Å². The van der Waals surface area contributed by atoms with Crippen molar-refractivity contribution in [1.29, 1.82) is 0 Å². The first-order valence-electron chi connectivity index (χ1n) is 7.17. The van der Waals surface area contributed by atoms with Crippen LogP contribution in [-0.2, 0) is 15.9 Å². The van der Waals surface area contributed by atoms with E-state index in [1.54, 1.807) is 0 Å². The van der Waals surface area contributed by atoms with Crippen molar-refractivity contribution in [1.82, 2.24) is 5.32 Å². The first-order chi connectivity index (χ1) is 9.79. The second-order valence-electron chi connectivity index (χ2n) is 5.10. The van der Waals surface area contributed by atoms with E-state index in [2.05, 4.69) is 40.3 Å². The molecule has 0 radical (unpaired) electrons. The van der Waals surface area contributed by atoms with E-state index >= 15 is 0 Å². The highest BCUT2D eigenvalue weighted by atomic mass is 79.9. The van der Waals surface area contributed by atoms with Gasteiger partial charge in [-0.15, -0.1) is 0 Å². The minimum Gasteiger partial charge on any atom is -0.493 e. The van der Waals surface area contributed by atoms with Crippen LogP contribution < -0.4 is 10.1 Å². The van der Waals surface area contributed by atoms with E-state index in [1.165, 1.54) is 11.1 Å². The molecule has 2 atom stereocenters. The van der Waals surface area contributed by atoms with E-state index < -0.39 is 0 Å². The van der Waals surface area contributed by atoms with Crippen molar-refractivity contribution >= 4 is 15.9 Å². The summed E-state index contributed by atoms with van der Waals surface area (Å²) in [4.78, 5) is 0. The lowest BCUT2D eigenvalue weighted by Crippen LogP contribution is -2.40. The molecule has 0 bridgehead atoms. The highest BCUT2D eigenvalue weighted by Gasteiger charge is 2.30. The number of benzene rings is 1. The molecule has 20 heavy (non-hydrogen) atoms. The summed E-state index contributed by atoms with van der Waals surface area (Å²) in [6.07, 6.45) is 1.01. The molecule has 2 aliphatic rings. The molecule has 1 aromatic rings. The number of fused-ring (bicyclic) bond motifs is 1. The Hall–Kier alpha value is -0.620. The van der Waals surface area contributed by atoms with Gasteiger partial charge in [0.05, 0.1) is 32.5 Å². The van der Waals surface area contributed by atoms with E-state index in [4.69, 9.17) is 14.2 Å². The minimum atomic E-state index is 0.0336. The summed E-state index contributed by atoms with van der Waals surface area (Å²) < 4.78 is 18.4. The van der Waals surface area contributed by atoms with Crippen LogP contribution >= 0.6 is 15.9 Å². The van der Waals surface area contributed by atoms with Crippen molar-refractivity contribution < 1.29 is 14.2 Å². The highest BCUT2D eigenvalue weighted by molar-refractivity contribution is 9.10. The van der Waals surface area contributed by atoms with Gasteiger partial charge in [-0.1, -0.05) is 22.9 Å². The lowest BCUT2D eigenvalue weighted by atomic mass is 9.97. The third-order valence-corrected chi connectivity index (χ3v) is 4.21. The van der Waals surface area contributed by atoms with Crippen molar-refractivity contribution in [3.05, 3.63) is 27.7 Å². The first kappa shape index (κ1) is 14.3. The fraction of sp³-hybridized carbons (Fsp3) is 0.600. The Morgan fingerprint density at radius 2 is 2.25 bits per heavy atom. The second-order valence-corrected chi connectivity index (χ2v) is 6.02. The Bertz CT molecular complexity index is 474. The maximum absolute atomic E-state index is 5.89. The van der Waals surface area contributed by atoms with E-state index in [0.717, 1.165) is 29.8 Å². The Balaban J connectivity index is 1.94. The van der Waals surface area contributed by atoms with Gasteiger partial charge in [0, 0.05) is 16.5 Å². The Morgan fingerprint density at radius 3 is 3.00 bits per heavy atom. The van der Waals surface area contributed by atoms with Crippen LogP contribution in [0.5, 0.6) is 5.75 Å². The van der Waals surface area contributed by atoms with Gasteiger partial charge in [-0.05, 0) is 24.2 Å². The molecule has 110 valence electrons. The molecule has 1 aromatic carbocycles. The zero-order valence-electron chi connectivity index (χ0n) is 11.7. The van der Waals surface area contributed by atoms with Gasteiger partial charge in [-0.25, -0.2) is 0 Å². The molecule has 1 N–H and O–H groups in total. The van der Waals surface area contributed by atoms with E-state index in [-0.39, 0.29) is 12.1 Å². The summed E-state index contributed by atoms with van der Waals surface area (Å²) in [5.74, 6) is 1.02. The summed E-state index contributed by atoms with van der Waals surface area (Å²) >= 11 is 3.60. The summed E-state index contributed by atoms with van der Waals surface area (Å²) in [6, 6.07) is 4.38. The van der Waals surface area contributed by atoms with Crippen LogP contribution in [0.4, 0.5) is 0 Å². The van der Waals surface area contributed by atoms with Crippen LogP contribution in [0.2, 0.25) is 0 Å². The fourth-order valence-corrected chi connectivity index (χ4v) is 3.41. The van der Waals surface area contributed by atoms with Crippen molar-refractivity contribution in [2.24, 2.45) is 0 Å². The first-order valence-corrected chi connectivity index (χ1v) is 7.96. The molecule has 0 aliphatic carbocycles. The van der Waals surface area contributed by atoms with Crippen molar-refractivity contribution in [3.8, 4) is 5.75 Å². The van der Waals surface area contributed by atoms with Gasteiger partial charge >= 0.3 is 0 Å². The monoisotopic (exact) mass is 341 g/mol. The molecule has 2 unspecified atom stereocenters.